The first-order chi connectivity index (χ1) is 10.9. The van der Waals surface area contributed by atoms with E-state index in [0.29, 0.717) is 11.8 Å². The van der Waals surface area contributed by atoms with Crippen LogP contribution in [-0.4, -0.2) is 24.5 Å². The molecule has 0 bridgehead atoms. The summed E-state index contributed by atoms with van der Waals surface area (Å²) in [5.41, 5.74) is 0.0422. The Hall–Kier alpha value is -1.62. The van der Waals surface area contributed by atoms with Crippen LogP contribution in [-0.2, 0) is 9.53 Å². The van der Waals surface area contributed by atoms with Crippen LogP contribution in [0.2, 0.25) is 5.02 Å². The summed E-state index contributed by atoms with van der Waals surface area (Å²) in [6.07, 6.45) is 3.20. The number of rotatable bonds is 4. The van der Waals surface area contributed by atoms with Crippen LogP contribution in [0.25, 0.3) is 0 Å². The number of esters is 1. The zero-order valence-corrected chi connectivity index (χ0v) is 14.0. The third-order valence-corrected chi connectivity index (χ3v) is 4.85. The van der Waals surface area contributed by atoms with Crippen LogP contribution >= 0.6 is 11.6 Å². The highest BCUT2D eigenvalue weighted by molar-refractivity contribution is 6.33. The number of carbonyl (C=O) groups is 2. The van der Waals surface area contributed by atoms with E-state index in [1.54, 1.807) is 0 Å². The number of ether oxygens (including phenoxy) is 1. The molecule has 1 aliphatic carbocycles. The Balaban J connectivity index is 1.85. The molecule has 126 valence electrons. The molecule has 0 heterocycles. The van der Waals surface area contributed by atoms with Crippen molar-refractivity contribution in [2.75, 3.05) is 6.61 Å². The van der Waals surface area contributed by atoms with Crippen LogP contribution in [0.5, 0.6) is 0 Å². The fourth-order valence-electron chi connectivity index (χ4n) is 2.90. The normalized spacial score (nSPS) is 24.1. The highest BCUT2D eigenvalue weighted by Crippen LogP contribution is 2.29. The lowest BCUT2D eigenvalue weighted by Crippen LogP contribution is -2.45. The largest absolute Gasteiger partial charge is 0.452 e. The van der Waals surface area contributed by atoms with Crippen molar-refractivity contribution in [2.45, 2.75) is 39.2 Å². The Morgan fingerprint density at radius 2 is 2.09 bits per heavy atom. The third-order valence-electron chi connectivity index (χ3n) is 4.54. The molecule has 6 heteroatoms. The molecule has 1 N–H and O–H groups in total. The smallest absolute Gasteiger partial charge is 0.340 e. The zero-order chi connectivity index (χ0) is 17.0. The van der Waals surface area contributed by atoms with Crippen molar-refractivity contribution < 1.29 is 18.7 Å². The van der Waals surface area contributed by atoms with E-state index in [2.05, 4.69) is 19.2 Å². The van der Waals surface area contributed by atoms with Gasteiger partial charge in [0.05, 0.1) is 10.6 Å². The first kappa shape index (κ1) is 17.7. The molecule has 0 aromatic heterocycles. The Labute approximate surface area is 140 Å². The van der Waals surface area contributed by atoms with Crippen LogP contribution in [0, 0.1) is 17.7 Å². The second kappa shape index (κ2) is 7.77. The molecule has 1 amide bonds. The van der Waals surface area contributed by atoms with E-state index >= 15 is 0 Å². The van der Waals surface area contributed by atoms with Gasteiger partial charge in [0.15, 0.2) is 6.61 Å². The lowest BCUT2D eigenvalue weighted by atomic mass is 9.78. The van der Waals surface area contributed by atoms with Gasteiger partial charge in [-0.05, 0) is 36.5 Å². The molecule has 1 saturated carbocycles. The van der Waals surface area contributed by atoms with Crippen molar-refractivity contribution in [1.29, 1.82) is 0 Å². The van der Waals surface area contributed by atoms with Gasteiger partial charge in [-0.1, -0.05) is 38.3 Å². The van der Waals surface area contributed by atoms with Gasteiger partial charge < -0.3 is 10.1 Å². The summed E-state index contributed by atoms with van der Waals surface area (Å²) in [5.74, 6) is -0.646. The van der Waals surface area contributed by atoms with Crippen LogP contribution in [0.4, 0.5) is 4.39 Å². The minimum Gasteiger partial charge on any atom is -0.452 e. The molecule has 0 unspecified atom stereocenters. The van der Waals surface area contributed by atoms with E-state index in [4.69, 9.17) is 16.3 Å². The predicted octanol–water partition coefficient (Wildman–Crippen LogP) is 3.58. The maximum Gasteiger partial charge on any atom is 0.340 e. The number of amides is 1. The van der Waals surface area contributed by atoms with Gasteiger partial charge in [0.1, 0.15) is 5.82 Å². The minimum atomic E-state index is -0.741. The average Bonchev–Trinajstić information content (AvgIpc) is 2.49. The molecule has 1 fully saturated rings. The summed E-state index contributed by atoms with van der Waals surface area (Å²) in [7, 11) is 0. The molecular weight excluding hydrogens is 321 g/mol. The van der Waals surface area contributed by atoms with Crippen molar-refractivity contribution >= 4 is 23.5 Å². The topological polar surface area (TPSA) is 55.4 Å². The van der Waals surface area contributed by atoms with Gasteiger partial charge in [0.25, 0.3) is 5.91 Å². The second-order valence-corrected chi connectivity index (χ2v) is 6.55. The van der Waals surface area contributed by atoms with Gasteiger partial charge in [-0.2, -0.15) is 0 Å². The number of nitrogens with one attached hydrogen (secondary N) is 1. The summed E-state index contributed by atoms with van der Waals surface area (Å²) in [6.45, 7) is 3.93. The Morgan fingerprint density at radius 3 is 2.78 bits per heavy atom. The highest BCUT2D eigenvalue weighted by atomic mass is 35.5. The van der Waals surface area contributed by atoms with E-state index in [0.717, 1.165) is 25.0 Å². The number of carbonyl (C=O) groups excluding carboxylic acids is 2. The van der Waals surface area contributed by atoms with E-state index in [9.17, 15) is 14.0 Å². The molecule has 23 heavy (non-hydrogen) atoms. The molecule has 2 rings (SSSR count). The first-order valence-electron chi connectivity index (χ1n) is 7.80. The van der Waals surface area contributed by atoms with Gasteiger partial charge >= 0.3 is 5.97 Å². The quantitative estimate of drug-likeness (QED) is 0.852. The van der Waals surface area contributed by atoms with E-state index in [-0.39, 0.29) is 29.1 Å². The summed E-state index contributed by atoms with van der Waals surface area (Å²) >= 11 is 5.79. The summed E-state index contributed by atoms with van der Waals surface area (Å²) < 4.78 is 17.9. The van der Waals surface area contributed by atoms with E-state index < -0.39 is 11.8 Å². The van der Waals surface area contributed by atoms with Gasteiger partial charge in [0.2, 0.25) is 0 Å². The fourth-order valence-corrected chi connectivity index (χ4v) is 3.14. The standard InChI is InChI=1S/C17H21ClFNO3/c1-10-4-3-5-15(11(10)2)20-16(21)9-23-17(22)13-7-6-12(19)8-14(13)18/h6-8,10-11,15H,3-5,9H2,1-2H3,(H,20,21)/t10-,11+,15+/m1/s1. The van der Waals surface area contributed by atoms with Gasteiger partial charge in [-0.3, -0.25) is 4.79 Å². The Morgan fingerprint density at radius 1 is 1.35 bits per heavy atom. The van der Waals surface area contributed by atoms with Crippen molar-refractivity contribution in [3.63, 3.8) is 0 Å². The molecule has 4 nitrogen and oxygen atoms in total. The Bertz CT molecular complexity index is 593. The molecule has 1 aromatic carbocycles. The lowest BCUT2D eigenvalue weighted by Gasteiger charge is -2.34. The summed E-state index contributed by atoms with van der Waals surface area (Å²) in [5, 5.41) is 2.88. The SMILES string of the molecule is C[C@H]1[C@H](C)CCC[C@@H]1NC(=O)COC(=O)c1ccc(F)cc1Cl. The summed E-state index contributed by atoms with van der Waals surface area (Å²) in [6, 6.07) is 3.50. The van der Waals surface area contributed by atoms with Crippen molar-refractivity contribution in [1.82, 2.24) is 5.32 Å². The third kappa shape index (κ3) is 4.67. The van der Waals surface area contributed by atoms with Crippen molar-refractivity contribution in [2.24, 2.45) is 11.8 Å². The number of hydrogen-bond donors (Lipinski definition) is 1. The van der Waals surface area contributed by atoms with Crippen LogP contribution in [0.3, 0.4) is 0 Å². The minimum absolute atomic E-state index is 0.0369. The molecular formula is C17H21ClFNO3. The molecule has 0 spiro atoms. The van der Waals surface area contributed by atoms with Crippen LogP contribution < -0.4 is 5.32 Å². The molecule has 1 aromatic rings. The average molecular weight is 342 g/mol. The van der Waals surface area contributed by atoms with Crippen molar-refractivity contribution in [3.05, 3.63) is 34.6 Å². The zero-order valence-electron chi connectivity index (χ0n) is 13.3. The van der Waals surface area contributed by atoms with E-state index in [1.165, 1.54) is 12.5 Å². The number of benzene rings is 1. The number of hydrogen-bond acceptors (Lipinski definition) is 3. The molecule has 1 aliphatic rings. The molecule has 0 saturated heterocycles. The number of halogens is 2. The molecule has 3 atom stereocenters. The van der Waals surface area contributed by atoms with Crippen LogP contribution in [0.15, 0.2) is 18.2 Å². The van der Waals surface area contributed by atoms with Crippen LogP contribution in [0.1, 0.15) is 43.5 Å². The first-order valence-corrected chi connectivity index (χ1v) is 8.18. The maximum atomic E-state index is 13.0. The van der Waals surface area contributed by atoms with Gasteiger partial charge in [-0.25, -0.2) is 9.18 Å². The van der Waals surface area contributed by atoms with Crippen molar-refractivity contribution in [3.8, 4) is 0 Å². The highest BCUT2D eigenvalue weighted by Gasteiger charge is 2.28. The van der Waals surface area contributed by atoms with Gasteiger partial charge in [-0.15, -0.1) is 0 Å². The maximum absolute atomic E-state index is 13.0. The van der Waals surface area contributed by atoms with E-state index in [1.807, 2.05) is 0 Å². The second-order valence-electron chi connectivity index (χ2n) is 6.14. The summed E-state index contributed by atoms with van der Waals surface area (Å²) in [4.78, 5) is 23.8. The molecule has 0 radical (unpaired) electrons. The lowest BCUT2D eigenvalue weighted by molar-refractivity contribution is -0.125. The predicted molar refractivity (Wildman–Crippen MR) is 85.8 cm³/mol. The monoisotopic (exact) mass is 341 g/mol. The molecule has 0 aliphatic heterocycles. The fraction of sp³-hybridized carbons (Fsp3) is 0.529. The Kier molecular flexibility index (Phi) is 5.99. The van der Waals surface area contributed by atoms with Gasteiger partial charge in [0, 0.05) is 6.04 Å².